The van der Waals surface area contributed by atoms with E-state index in [1.54, 1.807) is 42.6 Å². The molecule has 0 radical (unpaired) electrons. The van der Waals surface area contributed by atoms with Gasteiger partial charge in [-0.25, -0.2) is 4.79 Å². The molecule has 18 heteroatoms. The van der Waals surface area contributed by atoms with Crippen LogP contribution in [0.1, 0.15) is 36.0 Å². The van der Waals surface area contributed by atoms with E-state index in [0.717, 1.165) is 16.5 Å². The van der Waals surface area contributed by atoms with Gasteiger partial charge in [0.15, 0.2) is 0 Å². The van der Waals surface area contributed by atoms with E-state index in [1.807, 2.05) is 30.3 Å². The van der Waals surface area contributed by atoms with Crippen LogP contribution in [0.25, 0.3) is 10.9 Å². The molecule has 1 heterocycles. The van der Waals surface area contributed by atoms with Gasteiger partial charge < -0.3 is 53.2 Å². The molecule has 59 heavy (non-hydrogen) atoms. The molecule has 5 amide bonds. The van der Waals surface area contributed by atoms with Crippen molar-refractivity contribution >= 4 is 71.7 Å². The molecule has 4 aromatic rings. The summed E-state index contributed by atoms with van der Waals surface area (Å²) in [4.78, 5) is 84.0. The number of aromatic nitrogens is 1. The minimum Gasteiger partial charge on any atom is -0.508 e. The van der Waals surface area contributed by atoms with Gasteiger partial charge in [0.05, 0.1) is 6.04 Å². The second-order valence-corrected chi connectivity index (χ2v) is 14.8. The number of nitrogens with two attached hydrogens (primary N) is 2. The molecule has 0 spiro atoms. The molecule has 4 rings (SSSR count). The lowest BCUT2D eigenvalue weighted by Crippen LogP contribution is -2.60. The number of nitrogens with one attached hydrogen (secondary N) is 6. The average molecular weight is 849 g/mol. The SMILES string of the molecule is NCCCC[C@H](NC(=O)[C@H](Cc1c[nH]c2ccccc12)NC(=O)[C@H](Cc1ccccc1)NC(=O)[C@@H](N)CS)C(=O)N[C@@H](Cc1ccc(O)cc1)C(=O)N[C@@H](CS)C(=O)O. The molecule has 0 bridgehead atoms. The topological polar surface area (TPSA) is 271 Å². The van der Waals surface area contributed by atoms with E-state index in [-0.39, 0.29) is 42.9 Å². The number of carbonyl (C=O) groups excluding carboxylic acids is 5. The third-order valence-corrected chi connectivity index (χ3v) is 10.3. The summed E-state index contributed by atoms with van der Waals surface area (Å²) in [6, 6.07) is 15.0. The molecule has 0 saturated heterocycles. The van der Waals surface area contributed by atoms with Gasteiger partial charge in [-0.2, -0.15) is 25.3 Å². The summed E-state index contributed by atoms with van der Waals surface area (Å²) in [5.74, 6) is -5.12. The van der Waals surface area contributed by atoms with Crippen molar-refractivity contribution in [3.63, 3.8) is 0 Å². The minimum atomic E-state index is -1.36. The summed E-state index contributed by atoms with van der Waals surface area (Å²) < 4.78 is 0. The van der Waals surface area contributed by atoms with E-state index >= 15 is 0 Å². The number of aromatic amines is 1. The molecule has 3 aromatic carbocycles. The summed E-state index contributed by atoms with van der Waals surface area (Å²) in [6.07, 6.45) is 2.68. The molecule has 12 N–H and O–H groups in total. The van der Waals surface area contributed by atoms with Crippen molar-refractivity contribution in [3.05, 3.63) is 102 Å². The van der Waals surface area contributed by atoms with Crippen LogP contribution >= 0.6 is 25.3 Å². The number of aromatic hydroxyl groups is 1. The number of fused-ring (bicyclic) bond motifs is 1. The fourth-order valence-corrected chi connectivity index (χ4v) is 6.68. The fraction of sp³-hybridized carbons (Fsp3) is 0.366. The normalized spacial score (nSPS) is 14.2. The van der Waals surface area contributed by atoms with Gasteiger partial charge in [0.25, 0.3) is 0 Å². The van der Waals surface area contributed by atoms with Crippen LogP contribution in [0.15, 0.2) is 85.1 Å². The summed E-state index contributed by atoms with van der Waals surface area (Å²) in [7, 11) is 0. The van der Waals surface area contributed by atoms with Crippen molar-refractivity contribution in [2.75, 3.05) is 18.1 Å². The van der Waals surface area contributed by atoms with Gasteiger partial charge in [-0.15, -0.1) is 0 Å². The van der Waals surface area contributed by atoms with E-state index < -0.39 is 71.8 Å². The average Bonchev–Trinajstić information content (AvgIpc) is 3.64. The van der Waals surface area contributed by atoms with Gasteiger partial charge in [-0.05, 0) is 60.7 Å². The van der Waals surface area contributed by atoms with Crippen LogP contribution in [-0.4, -0.2) is 105 Å². The predicted molar refractivity (Wildman–Crippen MR) is 230 cm³/mol. The number of phenolic OH excluding ortho intramolecular Hbond substituents is 1. The van der Waals surface area contributed by atoms with E-state index in [9.17, 15) is 39.0 Å². The van der Waals surface area contributed by atoms with Crippen LogP contribution in [-0.2, 0) is 48.0 Å². The van der Waals surface area contributed by atoms with Crippen molar-refractivity contribution in [2.45, 2.75) is 74.8 Å². The molecule has 0 aliphatic rings. The van der Waals surface area contributed by atoms with Crippen LogP contribution in [0, 0.1) is 0 Å². The second-order valence-electron chi connectivity index (χ2n) is 14.0. The standard InChI is InChI=1S/C41H52N8O8S2/c42-17-7-6-12-31(37(52)47-33(19-25-13-15-27(50)16-14-25)39(54)49-35(23-59)41(56)57)45-40(55)34(20-26-21-44-30-11-5-4-10-28(26)30)48-38(53)32(46-36(51)29(43)22-58)18-24-8-2-1-3-9-24/h1-5,8-11,13-16,21,29,31-35,44,50,58-59H,6-7,12,17-20,22-23,42-43H2,(H,45,55)(H,46,51)(H,47,52)(H,48,53)(H,49,54)(H,56,57)/t29-,31-,32-,33-,34-,35-/m0/s1. The molecule has 0 unspecified atom stereocenters. The van der Waals surface area contributed by atoms with Gasteiger partial charge in [0.1, 0.15) is 36.0 Å². The Morgan fingerprint density at radius 2 is 1.12 bits per heavy atom. The minimum absolute atomic E-state index is 0.0208. The van der Waals surface area contributed by atoms with Gasteiger partial charge in [-0.1, -0.05) is 60.7 Å². The molecule has 0 fully saturated rings. The Labute approximate surface area is 352 Å². The zero-order chi connectivity index (χ0) is 42.9. The van der Waals surface area contributed by atoms with Crippen molar-refractivity contribution in [1.29, 1.82) is 0 Å². The zero-order valence-electron chi connectivity index (χ0n) is 32.3. The Morgan fingerprint density at radius 1 is 0.610 bits per heavy atom. The highest BCUT2D eigenvalue weighted by molar-refractivity contribution is 7.80. The van der Waals surface area contributed by atoms with Crippen LogP contribution in [0.4, 0.5) is 0 Å². The number of unbranched alkanes of at least 4 members (excludes halogenated alkanes) is 1. The molecular formula is C41H52N8O8S2. The number of benzene rings is 3. The van der Waals surface area contributed by atoms with Gasteiger partial charge in [0, 0.05) is 47.9 Å². The van der Waals surface area contributed by atoms with Crippen LogP contribution in [0.5, 0.6) is 5.75 Å². The molecule has 1 aromatic heterocycles. The predicted octanol–water partition coefficient (Wildman–Crippen LogP) is 0.726. The largest absolute Gasteiger partial charge is 0.508 e. The number of amides is 5. The van der Waals surface area contributed by atoms with Gasteiger partial charge >= 0.3 is 5.97 Å². The number of carbonyl (C=O) groups is 6. The summed E-state index contributed by atoms with van der Waals surface area (Å²) in [5, 5.41) is 33.5. The quantitative estimate of drug-likeness (QED) is 0.0368. The highest BCUT2D eigenvalue weighted by atomic mass is 32.1. The molecule has 16 nitrogen and oxygen atoms in total. The maximum Gasteiger partial charge on any atom is 0.327 e. The first kappa shape index (κ1) is 46.1. The van der Waals surface area contributed by atoms with Crippen molar-refractivity contribution < 1.29 is 39.0 Å². The number of para-hydroxylation sites is 1. The zero-order valence-corrected chi connectivity index (χ0v) is 34.1. The number of thiol groups is 2. The van der Waals surface area contributed by atoms with Crippen molar-refractivity contribution in [3.8, 4) is 5.75 Å². The van der Waals surface area contributed by atoms with Crippen molar-refractivity contribution in [2.24, 2.45) is 11.5 Å². The number of phenols is 1. The lowest BCUT2D eigenvalue weighted by Gasteiger charge is -2.27. The lowest BCUT2D eigenvalue weighted by atomic mass is 10.0. The fourth-order valence-electron chi connectivity index (χ4n) is 6.26. The molecule has 6 atom stereocenters. The Hall–Kier alpha value is -5.56. The molecule has 0 aliphatic carbocycles. The van der Waals surface area contributed by atoms with Crippen LogP contribution in [0.2, 0.25) is 0 Å². The highest BCUT2D eigenvalue weighted by Crippen LogP contribution is 2.20. The third kappa shape index (κ3) is 14.1. The summed E-state index contributed by atoms with van der Waals surface area (Å²) in [6.45, 7) is 0.305. The van der Waals surface area contributed by atoms with Crippen LogP contribution < -0.4 is 38.1 Å². The lowest BCUT2D eigenvalue weighted by molar-refractivity contribution is -0.141. The number of H-pyrrole nitrogens is 1. The Bertz CT molecular complexity index is 2030. The third-order valence-electron chi connectivity index (χ3n) is 9.57. The monoisotopic (exact) mass is 848 g/mol. The number of rotatable bonds is 23. The Kier molecular flexibility index (Phi) is 18.1. The molecule has 0 aliphatic heterocycles. The van der Waals surface area contributed by atoms with E-state index in [4.69, 9.17) is 11.5 Å². The van der Waals surface area contributed by atoms with Crippen molar-refractivity contribution in [1.82, 2.24) is 31.6 Å². The van der Waals surface area contributed by atoms with E-state index in [2.05, 4.69) is 56.8 Å². The molecular weight excluding hydrogens is 797 g/mol. The number of carboxylic acids is 1. The maximum absolute atomic E-state index is 14.4. The number of aliphatic carboxylic acids is 1. The smallest absolute Gasteiger partial charge is 0.327 e. The number of hydrogen-bond donors (Lipinski definition) is 12. The highest BCUT2D eigenvalue weighted by Gasteiger charge is 2.33. The molecule has 0 saturated carbocycles. The number of carboxylic acid groups (broad SMARTS) is 1. The second kappa shape index (κ2) is 23.1. The van der Waals surface area contributed by atoms with E-state index in [1.165, 1.54) is 12.1 Å². The maximum atomic E-state index is 14.4. The van der Waals surface area contributed by atoms with Crippen LogP contribution in [0.3, 0.4) is 0 Å². The Balaban J connectivity index is 1.65. The Morgan fingerprint density at radius 3 is 1.69 bits per heavy atom. The first-order chi connectivity index (χ1) is 28.3. The van der Waals surface area contributed by atoms with Gasteiger partial charge in [-0.3, -0.25) is 24.0 Å². The number of hydrogen-bond acceptors (Lipinski definition) is 11. The van der Waals surface area contributed by atoms with E-state index in [0.29, 0.717) is 30.5 Å². The van der Waals surface area contributed by atoms with Gasteiger partial charge in [0.2, 0.25) is 29.5 Å². The summed E-state index contributed by atoms with van der Waals surface area (Å²) in [5.41, 5.74) is 14.4. The first-order valence-electron chi connectivity index (χ1n) is 19.1. The summed E-state index contributed by atoms with van der Waals surface area (Å²) >= 11 is 8.14. The first-order valence-corrected chi connectivity index (χ1v) is 20.4. The molecule has 316 valence electrons.